The topological polar surface area (TPSA) is 34.0 Å². The summed E-state index contributed by atoms with van der Waals surface area (Å²) in [4.78, 5) is 11.4. The van der Waals surface area contributed by atoms with Crippen molar-refractivity contribution in [2.75, 3.05) is 7.05 Å². The zero-order chi connectivity index (χ0) is 10.1. The van der Waals surface area contributed by atoms with Crippen LogP contribution in [0.2, 0.25) is 0 Å². The molecule has 3 nitrogen and oxygen atoms in total. The van der Waals surface area contributed by atoms with Crippen LogP contribution in [0.5, 0.6) is 0 Å². The highest BCUT2D eigenvalue weighted by Gasteiger charge is 2.20. The number of aromatic nitrogens is 1. The Bertz CT molecular complexity index is 395. The van der Waals surface area contributed by atoms with Crippen LogP contribution in [0.25, 0.3) is 0 Å². The van der Waals surface area contributed by atoms with Crippen molar-refractivity contribution in [2.45, 2.75) is 25.3 Å². The molecule has 14 heavy (non-hydrogen) atoms. The molecule has 0 fully saturated rings. The van der Waals surface area contributed by atoms with E-state index in [-0.39, 0.29) is 5.56 Å². The molecule has 1 aliphatic rings. The Hall–Kier alpha value is -1.09. The number of nitrogens with one attached hydrogen (secondary N) is 1. The first kappa shape index (κ1) is 9.46. The monoisotopic (exact) mass is 192 g/mol. The molecule has 0 bridgehead atoms. The van der Waals surface area contributed by atoms with Crippen LogP contribution in [0.15, 0.2) is 16.9 Å². The van der Waals surface area contributed by atoms with Crippen LogP contribution in [0, 0.1) is 0 Å². The van der Waals surface area contributed by atoms with Gasteiger partial charge in [0, 0.05) is 24.8 Å². The van der Waals surface area contributed by atoms with Gasteiger partial charge in [-0.15, -0.1) is 0 Å². The van der Waals surface area contributed by atoms with Gasteiger partial charge in [-0.3, -0.25) is 4.79 Å². The summed E-state index contributed by atoms with van der Waals surface area (Å²) in [5, 5.41) is 3.29. The normalized spacial score (nSPS) is 20.6. The Labute approximate surface area is 83.8 Å². The number of hydrogen-bond donors (Lipinski definition) is 1. The second-order valence-corrected chi connectivity index (χ2v) is 3.87. The number of fused-ring (bicyclic) bond motifs is 1. The molecule has 0 aromatic carbocycles. The van der Waals surface area contributed by atoms with Gasteiger partial charge in [0.15, 0.2) is 0 Å². The van der Waals surface area contributed by atoms with Gasteiger partial charge in [-0.1, -0.05) is 6.07 Å². The molecule has 1 heterocycles. The smallest absolute Gasteiger partial charge is 0.250 e. The van der Waals surface area contributed by atoms with Crippen LogP contribution in [0.4, 0.5) is 0 Å². The van der Waals surface area contributed by atoms with E-state index in [1.807, 2.05) is 20.2 Å². The van der Waals surface area contributed by atoms with Crippen molar-refractivity contribution in [2.24, 2.45) is 7.05 Å². The predicted molar refractivity (Wildman–Crippen MR) is 56.4 cm³/mol. The molecule has 3 heteroatoms. The minimum absolute atomic E-state index is 0.0977. The third-order valence-corrected chi connectivity index (χ3v) is 3.10. The molecule has 1 aliphatic carbocycles. The highest BCUT2D eigenvalue weighted by atomic mass is 16.1. The molecule has 0 radical (unpaired) electrons. The first-order valence-electron chi connectivity index (χ1n) is 5.10. The van der Waals surface area contributed by atoms with E-state index in [1.54, 1.807) is 10.6 Å². The van der Waals surface area contributed by atoms with Crippen molar-refractivity contribution in [3.8, 4) is 0 Å². The van der Waals surface area contributed by atoms with Gasteiger partial charge in [0.25, 0.3) is 0 Å². The van der Waals surface area contributed by atoms with Crippen LogP contribution in [-0.2, 0) is 13.5 Å². The standard InChI is InChI=1S/C11H16N2O/c1-12-9-4-3-5-10-8(9)6-7-11(14)13(10)2/h6-7,9,12H,3-5H2,1-2H3/t9-/m0/s1. The Kier molecular flexibility index (Phi) is 2.42. The fourth-order valence-corrected chi connectivity index (χ4v) is 2.25. The lowest BCUT2D eigenvalue weighted by molar-refractivity contribution is 0.477. The highest BCUT2D eigenvalue weighted by molar-refractivity contribution is 5.27. The van der Waals surface area contributed by atoms with Gasteiger partial charge >= 0.3 is 0 Å². The average Bonchev–Trinajstić information content (AvgIpc) is 2.23. The van der Waals surface area contributed by atoms with Crippen LogP contribution >= 0.6 is 0 Å². The van der Waals surface area contributed by atoms with Gasteiger partial charge in [-0.05, 0) is 31.9 Å². The maximum Gasteiger partial charge on any atom is 0.250 e. The van der Waals surface area contributed by atoms with Crippen LogP contribution in [0.3, 0.4) is 0 Å². The molecule has 1 aromatic rings. The summed E-state index contributed by atoms with van der Waals surface area (Å²) in [6, 6.07) is 4.05. The van der Waals surface area contributed by atoms with Crippen molar-refractivity contribution >= 4 is 0 Å². The van der Waals surface area contributed by atoms with E-state index in [4.69, 9.17) is 0 Å². The van der Waals surface area contributed by atoms with E-state index >= 15 is 0 Å². The minimum Gasteiger partial charge on any atom is -0.315 e. The molecular formula is C11H16N2O. The summed E-state index contributed by atoms with van der Waals surface area (Å²) in [6.07, 6.45) is 3.36. The summed E-state index contributed by atoms with van der Waals surface area (Å²) in [6.45, 7) is 0. The lowest BCUT2D eigenvalue weighted by Gasteiger charge is -2.26. The quantitative estimate of drug-likeness (QED) is 0.719. The summed E-state index contributed by atoms with van der Waals surface area (Å²) in [5.74, 6) is 0. The fraction of sp³-hybridized carbons (Fsp3) is 0.545. The fourth-order valence-electron chi connectivity index (χ4n) is 2.25. The number of hydrogen-bond acceptors (Lipinski definition) is 2. The Morgan fingerprint density at radius 3 is 3.00 bits per heavy atom. The van der Waals surface area contributed by atoms with Gasteiger partial charge in [0.1, 0.15) is 0 Å². The van der Waals surface area contributed by atoms with E-state index in [0.717, 1.165) is 12.8 Å². The molecule has 0 spiro atoms. The largest absolute Gasteiger partial charge is 0.315 e. The molecule has 2 rings (SSSR count). The van der Waals surface area contributed by atoms with Crippen LogP contribution in [0.1, 0.15) is 30.1 Å². The Balaban J connectivity index is 2.56. The Morgan fingerprint density at radius 1 is 1.50 bits per heavy atom. The molecule has 0 aliphatic heterocycles. The van der Waals surface area contributed by atoms with Crippen molar-refractivity contribution in [3.05, 3.63) is 33.7 Å². The summed E-state index contributed by atoms with van der Waals surface area (Å²) in [7, 11) is 3.84. The SMILES string of the molecule is CN[C@H]1CCCc2c1ccc(=O)n2C. The summed E-state index contributed by atoms with van der Waals surface area (Å²) < 4.78 is 1.78. The zero-order valence-electron chi connectivity index (χ0n) is 8.71. The van der Waals surface area contributed by atoms with Gasteiger partial charge in [-0.25, -0.2) is 0 Å². The third-order valence-electron chi connectivity index (χ3n) is 3.10. The Morgan fingerprint density at radius 2 is 2.29 bits per heavy atom. The van der Waals surface area contributed by atoms with Crippen molar-refractivity contribution in [1.82, 2.24) is 9.88 Å². The lowest BCUT2D eigenvalue weighted by atomic mass is 9.91. The van der Waals surface area contributed by atoms with Crippen molar-refractivity contribution < 1.29 is 0 Å². The maximum absolute atomic E-state index is 11.4. The van der Waals surface area contributed by atoms with E-state index in [2.05, 4.69) is 5.32 Å². The van der Waals surface area contributed by atoms with Gasteiger partial charge < -0.3 is 9.88 Å². The maximum atomic E-state index is 11.4. The van der Waals surface area contributed by atoms with E-state index < -0.39 is 0 Å². The van der Waals surface area contributed by atoms with Gasteiger partial charge in [0.05, 0.1) is 0 Å². The molecule has 1 atom stereocenters. The molecule has 0 saturated heterocycles. The summed E-state index contributed by atoms with van der Waals surface area (Å²) in [5.41, 5.74) is 2.59. The van der Waals surface area contributed by atoms with E-state index in [1.165, 1.54) is 17.7 Å². The van der Waals surface area contributed by atoms with E-state index in [0.29, 0.717) is 6.04 Å². The minimum atomic E-state index is 0.0977. The molecule has 1 aromatic heterocycles. The second-order valence-electron chi connectivity index (χ2n) is 3.87. The summed E-state index contributed by atoms with van der Waals surface area (Å²) >= 11 is 0. The van der Waals surface area contributed by atoms with E-state index in [9.17, 15) is 4.79 Å². The molecule has 76 valence electrons. The second kappa shape index (κ2) is 3.58. The molecule has 0 unspecified atom stereocenters. The van der Waals surface area contributed by atoms with Gasteiger partial charge in [-0.2, -0.15) is 0 Å². The first-order chi connectivity index (χ1) is 6.74. The number of pyridine rings is 1. The van der Waals surface area contributed by atoms with Crippen molar-refractivity contribution in [3.63, 3.8) is 0 Å². The first-order valence-corrected chi connectivity index (χ1v) is 5.10. The zero-order valence-corrected chi connectivity index (χ0v) is 8.71. The van der Waals surface area contributed by atoms with Gasteiger partial charge in [0.2, 0.25) is 5.56 Å². The molecule has 1 N–H and O–H groups in total. The predicted octanol–water partition coefficient (Wildman–Crippen LogP) is 0.982. The molecular weight excluding hydrogens is 176 g/mol. The van der Waals surface area contributed by atoms with Crippen molar-refractivity contribution in [1.29, 1.82) is 0 Å². The van der Waals surface area contributed by atoms with Crippen LogP contribution in [-0.4, -0.2) is 11.6 Å². The molecule has 0 amide bonds. The number of nitrogens with zero attached hydrogens (tertiary/aromatic N) is 1. The number of rotatable bonds is 1. The highest BCUT2D eigenvalue weighted by Crippen LogP contribution is 2.27. The lowest BCUT2D eigenvalue weighted by Crippen LogP contribution is -2.28. The van der Waals surface area contributed by atoms with Crippen LogP contribution < -0.4 is 10.9 Å². The third kappa shape index (κ3) is 1.38. The average molecular weight is 192 g/mol. The molecule has 0 saturated carbocycles.